The maximum Gasteiger partial charge on any atom is 0.311 e. The number of aromatic nitrogens is 1. The van der Waals surface area contributed by atoms with Crippen LogP contribution >= 0.6 is 0 Å². The van der Waals surface area contributed by atoms with Crippen LogP contribution in [0, 0.1) is 12.3 Å². The summed E-state index contributed by atoms with van der Waals surface area (Å²) in [7, 11) is -3.82. The Morgan fingerprint density at radius 3 is 2.34 bits per heavy atom. The number of azo groups is 1. The summed E-state index contributed by atoms with van der Waals surface area (Å²) in [6, 6.07) is 5.46. The van der Waals surface area contributed by atoms with Crippen molar-refractivity contribution >= 4 is 33.3 Å². The smallest absolute Gasteiger partial charge is 0.311 e. The third-order valence-electron chi connectivity index (χ3n) is 6.05. The largest absolute Gasteiger partial charge is 0.494 e. The van der Waals surface area contributed by atoms with E-state index in [9.17, 15) is 27.9 Å². The first kappa shape index (κ1) is 30.6. The maximum atomic E-state index is 12.8. The lowest BCUT2D eigenvalue weighted by molar-refractivity contribution is -0.154. The summed E-state index contributed by atoms with van der Waals surface area (Å²) in [6.07, 6.45) is 1.46. The number of esters is 1. The molecule has 0 aliphatic rings. The SMILES string of the molecule is CCCn1c(O)c(C(N)=O)c(C)c(N=Nc2ccc(S(=O)(=O)NCCCOC(=O)C(C)(C)CC)cc2)c1=O. The van der Waals surface area contributed by atoms with E-state index in [1.165, 1.54) is 31.2 Å². The van der Waals surface area contributed by atoms with Gasteiger partial charge < -0.3 is 15.6 Å². The Labute approximate surface area is 222 Å². The van der Waals surface area contributed by atoms with Crippen molar-refractivity contribution in [2.45, 2.75) is 65.3 Å². The van der Waals surface area contributed by atoms with Gasteiger partial charge in [-0.25, -0.2) is 13.1 Å². The molecular formula is C25H35N5O7S. The highest BCUT2D eigenvalue weighted by atomic mass is 32.2. The standard InChI is InChI=1S/C25H35N5O7S/c1-6-14-30-22(32)19(21(26)31)16(3)20(23(30)33)29-28-17-9-11-18(12-10-17)38(35,36)27-13-8-15-37-24(34)25(4,5)7-2/h9-12,27,32H,6-8,13-15H2,1-5H3,(H2,26,31). The summed E-state index contributed by atoms with van der Waals surface area (Å²) in [4.78, 5) is 36.6. The van der Waals surface area contributed by atoms with Gasteiger partial charge in [-0.05, 0) is 64.3 Å². The van der Waals surface area contributed by atoms with Gasteiger partial charge in [-0.15, -0.1) is 5.11 Å². The van der Waals surface area contributed by atoms with E-state index in [0.29, 0.717) is 19.3 Å². The molecule has 1 amide bonds. The molecule has 0 saturated carbocycles. The van der Waals surface area contributed by atoms with Gasteiger partial charge in [-0.3, -0.25) is 19.0 Å². The van der Waals surface area contributed by atoms with Crippen LogP contribution in [0.25, 0.3) is 0 Å². The molecular weight excluding hydrogens is 514 g/mol. The lowest BCUT2D eigenvalue weighted by Gasteiger charge is -2.20. The van der Waals surface area contributed by atoms with E-state index in [2.05, 4.69) is 15.0 Å². The van der Waals surface area contributed by atoms with Crippen LogP contribution in [0.4, 0.5) is 11.4 Å². The van der Waals surface area contributed by atoms with Crippen LogP contribution < -0.4 is 16.0 Å². The van der Waals surface area contributed by atoms with Crippen molar-refractivity contribution in [3.63, 3.8) is 0 Å². The zero-order chi connectivity index (χ0) is 28.7. The highest BCUT2D eigenvalue weighted by Gasteiger charge is 2.27. The van der Waals surface area contributed by atoms with Crippen molar-refractivity contribution in [1.82, 2.24) is 9.29 Å². The molecule has 0 saturated heterocycles. The van der Waals surface area contributed by atoms with Gasteiger partial charge in [0, 0.05) is 18.7 Å². The normalized spacial score (nSPS) is 12.1. The first-order valence-corrected chi connectivity index (χ1v) is 13.7. The molecule has 0 unspecified atom stereocenters. The quantitative estimate of drug-likeness (QED) is 0.194. The van der Waals surface area contributed by atoms with Crippen LogP contribution in [0.2, 0.25) is 0 Å². The second kappa shape index (κ2) is 12.8. The molecule has 12 nitrogen and oxygen atoms in total. The Hall–Kier alpha value is -3.58. The van der Waals surface area contributed by atoms with Crippen molar-refractivity contribution in [3.8, 4) is 5.88 Å². The van der Waals surface area contributed by atoms with Gasteiger partial charge in [0.15, 0.2) is 5.69 Å². The average molecular weight is 550 g/mol. The summed E-state index contributed by atoms with van der Waals surface area (Å²) in [5.74, 6) is -1.76. The van der Waals surface area contributed by atoms with Crippen molar-refractivity contribution in [2.24, 2.45) is 21.4 Å². The number of carbonyl (C=O) groups excluding carboxylic acids is 2. The van der Waals surface area contributed by atoms with E-state index >= 15 is 0 Å². The number of hydrogen-bond donors (Lipinski definition) is 3. The van der Waals surface area contributed by atoms with E-state index in [4.69, 9.17) is 10.5 Å². The van der Waals surface area contributed by atoms with E-state index in [0.717, 1.165) is 4.57 Å². The topological polar surface area (TPSA) is 183 Å². The number of amides is 1. The third kappa shape index (κ3) is 7.25. The Morgan fingerprint density at radius 2 is 1.79 bits per heavy atom. The first-order valence-electron chi connectivity index (χ1n) is 12.2. The minimum atomic E-state index is -3.82. The van der Waals surface area contributed by atoms with E-state index in [1.54, 1.807) is 20.8 Å². The van der Waals surface area contributed by atoms with E-state index < -0.39 is 32.8 Å². The number of benzene rings is 1. The average Bonchev–Trinajstić information content (AvgIpc) is 2.86. The van der Waals surface area contributed by atoms with Crippen molar-refractivity contribution in [3.05, 3.63) is 45.7 Å². The molecule has 4 N–H and O–H groups in total. The zero-order valence-electron chi connectivity index (χ0n) is 22.3. The zero-order valence-corrected chi connectivity index (χ0v) is 23.1. The van der Waals surface area contributed by atoms with E-state index in [-0.39, 0.29) is 53.1 Å². The fourth-order valence-electron chi connectivity index (χ4n) is 3.32. The molecule has 13 heteroatoms. The highest BCUT2D eigenvalue weighted by Crippen LogP contribution is 2.28. The molecule has 208 valence electrons. The molecule has 1 aromatic carbocycles. The molecule has 0 bridgehead atoms. The molecule has 0 radical (unpaired) electrons. The lowest BCUT2D eigenvalue weighted by Crippen LogP contribution is -2.28. The van der Waals surface area contributed by atoms with Gasteiger partial charge in [0.2, 0.25) is 15.9 Å². The Kier molecular flexibility index (Phi) is 10.3. The van der Waals surface area contributed by atoms with Crippen molar-refractivity contribution < 1.29 is 27.9 Å². The number of carbonyl (C=O) groups is 2. The second-order valence-corrected chi connectivity index (χ2v) is 11.1. The van der Waals surface area contributed by atoms with Crippen molar-refractivity contribution in [2.75, 3.05) is 13.2 Å². The lowest BCUT2D eigenvalue weighted by atomic mass is 9.91. The monoisotopic (exact) mass is 549 g/mol. The number of nitrogens with two attached hydrogens (primary N) is 1. The summed E-state index contributed by atoms with van der Waals surface area (Å²) in [5, 5.41) is 18.3. The minimum Gasteiger partial charge on any atom is -0.494 e. The Balaban J connectivity index is 2.12. The fourth-order valence-corrected chi connectivity index (χ4v) is 4.39. The number of nitrogens with one attached hydrogen (secondary N) is 1. The number of aromatic hydroxyl groups is 1. The first-order chi connectivity index (χ1) is 17.8. The Morgan fingerprint density at radius 1 is 1.16 bits per heavy atom. The number of hydrogen-bond acceptors (Lipinski definition) is 9. The number of primary amides is 1. The molecule has 0 spiro atoms. The summed E-state index contributed by atoms with van der Waals surface area (Å²) in [6.45, 7) is 9.00. The second-order valence-electron chi connectivity index (χ2n) is 9.31. The van der Waals surface area contributed by atoms with Gasteiger partial charge in [0.25, 0.3) is 11.5 Å². The molecule has 1 aromatic heterocycles. The number of nitrogens with zero attached hydrogens (tertiary/aromatic N) is 3. The van der Waals surface area contributed by atoms with Crippen LogP contribution in [-0.4, -0.2) is 43.1 Å². The number of pyridine rings is 1. The molecule has 0 aliphatic carbocycles. The van der Waals surface area contributed by atoms with Gasteiger partial charge in [0.1, 0.15) is 5.56 Å². The van der Waals surface area contributed by atoms with Gasteiger partial charge in [-0.2, -0.15) is 5.11 Å². The predicted molar refractivity (Wildman–Crippen MR) is 141 cm³/mol. The van der Waals surface area contributed by atoms with Crippen LogP contribution in [0.15, 0.2) is 44.2 Å². The Bertz CT molecular complexity index is 1360. The number of sulfonamides is 1. The van der Waals surface area contributed by atoms with Gasteiger partial charge in [-0.1, -0.05) is 13.8 Å². The molecule has 2 rings (SSSR count). The molecule has 0 atom stereocenters. The van der Waals surface area contributed by atoms with Crippen LogP contribution in [0.5, 0.6) is 5.88 Å². The van der Waals surface area contributed by atoms with Crippen molar-refractivity contribution in [1.29, 1.82) is 0 Å². The summed E-state index contributed by atoms with van der Waals surface area (Å²) in [5.41, 5.74) is 4.12. The van der Waals surface area contributed by atoms with E-state index in [1.807, 2.05) is 6.92 Å². The molecule has 38 heavy (non-hydrogen) atoms. The van der Waals surface area contributed by atoms with Crippen LogP contribution in [-0.2, 0) is 26.1 Å². The molecule has 0 fully saturated rings. The highest BCUT2D eigenvalue weighted by molar-refractivity contribution is 7.89. The molecule has 0 aliphatic heterocycles. The van der Waals surface area contributed by atoms with Crippen LogP contribution in [0.3, 0.4) is 0 Å². The minimum absolute atomic E-state index is 0.0114. The van der Waals surface area contributed by atoms with Crippen LogP contribution in [0.1, 0.15) is 62.9 Å². The van der Waals surface area contributed by atoms with Gasteiger partial charge >= 0.3 is 5.97 Å². The number of ether oxygens (including phenoxy) is 1. The summed E-state index contributed by atoms with van der Waals surface area (Å²) < 4.78 is 33.8. The molecule has 1 heterocycles. The predicted octanol–water partition coefficient (Wildman–Crippen LogP) is 3.43. The third-order valence-corrected chi connectivity index (χ3v) is 7.52. The number of rotatable bonds is 13. The van der Waals surface area contributed by atoms with Gasteiger partial charge in [0.05, 0.1) is 22.6 Å². The summed E-state index contributed by atoms with van der Waals surface area (Å²) >= 11 is 0. The maximum absolute atomic E-state index is 12.8. The molecule has 2 aromatic rings. The fraction of sp³-hybridized carbons (Fsp3) is 0.480.